The number of fused-ring (bicyclic) bond motifs is 22. The van der Waals surface area contributed by atoms with Crippen molar-refractivity contribution in [2.45, 2.75) is 10.8 Å². The van der Waals surface area contributed by atoms with Crippen molar-refractivity contribution in [3.05, 3.63) is 307 Å². The second kappa shape index (κ2) is 18.4. The molecule has 0 fully saturated rings. The first-order chi connectivity index (χ1) is 41.9. The van der Waals surface area contributed by atoms with Crippen LogP contribution in [0.3, 0.4) is 0 Å². The van der Waals surface area contributed by atoms with E-state index in [1.165, 1.54) is 72.8 Å². The first kappa shape index (κ1) is 50.9. The van der Waals surface area contributed by atoms with Crippen LogP contribution in [0.5, 0.6) is 0 Å². The van der Waals surface area contributed by atoms with Crippen LogP contribution in [0, 0.1) is 34.9 Å². The van der Waals surface area contributed by atoms with Gasteiger partial charge in [-0.1, -0.05) is 141 Å². The van der Waals surface area contributed by atoms with Crippen LogP contribution in [-0.4, -0.2) is 0 Å². The number of para-hydroxylation sites is 2. The van der Waals surface area contributed by atoms with Crippen molar-refractivity contribution in [2.75, 3.05) is 0 Å². The van der Waals surface area contributed by atoms with Crippen LogP contribution in [0.15, 0.2) is 245 Å². The molecule has 12 heteroatoms. The van der Waals surface area contributed by atoms with E-state index < -0.39 is 34.1 Å². The van der Waals surface area contributed by atoms with E-state index in [4.69, 9.17) is 17.7 Å². The third-order valence-corrected chi connectivity index (χ3v) is 18.8. The lowest BCUT2D eigenvalue weighted by Crippen LogP contribution is -2.29. The van der Waals surface area contributed by atoms with Gasteiger partial charge in [0.05, 0.1) is 10.8 Å². The van der Waals surface area contributed by atoms with E-state index in [1.807, 2.05) is 109 Å². The lowest BCUT2D eigenvalue weighted by Gasteiger charge is -2.34. The Morgan fingerprint density at radius 1 is 0.256 bits per heavy atom. The summed E-state index contributed by atoms with van der Waals surface area (Å²) in [4.78, 5) is 0. The average molecular weight is 1260 g/mol. The van der Waals surface area contributed by atoms with E-state index >= 15 is 17.6 Å². The predicted octanol–water partition coefficient (Wildman–Crippen LogP) is 22.1. The lowest BCUT2D eigenvalue weighted by atomic mass is 9.67. The third-order valence-electron chi connectivity index (χ3n) is 17.6. The topological polar surface area (TPSA) is 52.6 Å². The van der Waals surface area contributed by atoms with Gasteiger partial charge in [-0.25, -0.2) is 26.3 Å². The molecule has 4 nitrogen and oxygen atoms in total. The van der Waals surface area contributed by atoms with E-state index in [-0.39, 0.29) is 11.6 Å². The minimum absolute atomic E-state index is 0.361. The molecular weight excluding hydrogens is 1230 g/mol. The molecular formula is C74H36Br2F6O4. The Labute approximate surface area is 500 Å². The standard InChI is InChI=1S/C37H17Br2F3O2.C37H19F3O2/c38-27-16-25-33(35-31(27)23-9-1-2-10-29(23)43-35)34-26(17-28(39)32-24-15-22(42)11-12-30(24)44-36(32)34)37(25,18-5-3-7-20(40)13-18)19-6-4-8-21(41)14-19;38-22-7-3-5-20(17-22)37(21-6-4-8-23(39)18-21)29-14-12-26-25-9-1-2-10-31(25)41-35(26)33(29)34-30(37)15-13-27-28-19-24(40)11-16-32(28)42-36(27)34/h1-17H;1-19H. The van der Waals surface area contributed by atoms with Gasteiger partial charge in [0, 0.05) is 74.3 Å². The molecule has 0 saturated carbocycles. The first-order valence-electron chi connectivity index (χ1n) is 27.5. The molecule has 412 valence electrons. The van der Waals surface area contributed by atoms with Gasteiger partial charge in [-0.2, -0.15) is 0 Å². The predicted molar refractivity (Wildman–Crippen MR) is 332 cm³/mol. The van der Waals surface area contributed by atoms with Crippen LogP contribution in [0.25, 0.3) is 110 Å². The monoisotopic (exact) mass is 1260 g/mol. The highest BCUT2D eigenvalue weighted by Crippen LogP contribution is 2.64. The number of halogens is 8. The number of hydrogen-bond acceptors (Lipinski definition) is 4. The molecule has 86 heavy (non-hydrogen) atoms. The second-order valence-corrected chi connectivity index (χ2v) is 23.6. The van der Waals surface area contributed by atoms with Gasteiger partial charge in [0.1, 0.15) is 79.6 Å². The minimum Gasteiger partial charge on any atom is -0.455 e. The van der Waals surface area contributed by atoms with Crippen LogP contribution >= 0.6 is 31.9 Å². The molecule has 16 aromatic rings. The molecule has 0 unspecified atom stereocenters. The first-order valence-corrected chi connectivity index (χ1v) is 29.1. The minimum atomic E-state index is -1.18. The van der Waals surface area contributed by atoms with Crippen LogP contribution in [-0.2, 0) is 10.8 Å². The summed E-state index contributed by atoms with van der Waals surface area (Å²) in [7, 11) is 0. The maximum absolute atomic E-state index is 15.2. The lowest BCUT2D eigenvalue weighted by molar-refractivity contribution is 0.612. The zero-order valence-electron chi connectivity index (χ0n) is 44.4. The summed E-state index contributed by atoms with van der Waals surface area (Å²) in [6.07, 6.45) is 0. The summed E-state index contributed by atoms with van der Waals surface area (Å²) < 4.78 is 117. The van der Waals surface area contributed by atoms with E-state index in [2.05, 4.69) is 31.9 Å². The van der Waals surface area contributed by atoms with Gasteiger partial charge >= 0.3 is 0 Å². The fraction of sp³-hybridized carbons (Fsp3) is 0.0270. The van der Waals surface area contributed by atoms with E-state index in [0.29, 0.717) is 82.0 Å². The van der Waals surface area contributed by atoms with Crippen LogP contribution < -0.4 is 0 Å². The van der Waals surface area contributed by atoms with E-state index in [9.17, 15) is 8.78 Å². The zero-order chi connectivity index (χ0) is 58.1. The largest absolute Gasteiger partial charge is 0.455 e. The average Bonchev–Trinajstić information content (AvgIpc) is 1.53. The fourth-order valence-electron chi connectivity index (χ4n) is 14.3. The maximum atomic E-state index is 15.2. The van der Waals surface area contributed by atoms with Crippen molar-refractivity contribution in [3.63, 3.8) is 0 Å². The molecule has 0 atom stereocenters. The third kappa shape index (κ3) is 6.93. The van der Waals surface area contributed by atoms with Crippen LogP contribution in [0.1, 0.15) is 44.5 Å². The van der Waals surface area contributed by atoms with Crippen molar-refractivity contribution in [2.24, 2.45) is 0 Å². The van der Waals surface area contributed by atoms with Gasteiger partial charge in [0.15, 0.2) is 0 Å². The molecule has 0 spiro atoms. The summed E-state index contributed by atoms with van der Waals surface area (Å²) in [6.45, 7) is 0. The Kier molecular flexibility index (Phi) is 10.9. The number of furan rings is 4. The zero-order valence-corrected chi connectivity index (χ0v) is 47.6. The van der Waals surface area contributed by atoms with Crippen molar-refractivity contribution in [1.82, 2.24) is 0 Å². The Morgan fingerprint density at radius 3 is 1.08 bits per heavy atom. The molecule has 0 saturated heterocycles. The molecule has 4 aromatic heterocycles. The molecule has 0 amide bonds. The van der Waals surface area contributed by atoms with Gasteiger partial charge in [-0.05, 0) is 154 Å². The van der Waals surface area contributed by atoms with Gasteiger partial charge in [-0.3, -0.25) is 0 Å². The number of rotatable bonds is 4. The Morgan fingerprint density at radius 2 is 0.605 bits per heavy atom. The molecule has 18 rings (SSSR count). The highest BCUT2D eigenvalue weighted by atomic mass is 79.9. The van der Waals surface area contributed by atoms with Crippen molar-refractivity contribution in [1.29, 1.82) is 0 Å². The van der Waals surface area contributed by atoms with Gasteiger partial charge in [0.25, 0.3) is 0 Å². The highest BCUT2D eigenvalue weighted by Gasteiger charge is 2.52. The Bertz CT molecular complexity index is 5540. The maximum Gasteiger partial charge on any atom is 0.144 e. The summed E-state index contributed by atoms with van der Waals surface area (Å²) >= 11 is 7.61. The number of hydrogen-bond donors (Lipinski definition) is 0. The smallest absolute Gasteiger partial charge is 0.144 e. The van der Waals surface area contributed by atoms with Crippen molar-refractivity contribution < 1.29 is 44.0 Å². The second-order valence-electron chi connectivity index (χ2n) is 21.9. The molecule has 0 N–H and O–H groups in total. The molecule has 4 heterocycles. The molecule has 2 aliphatic rings. The van der Waals surface area contributed by atoms with Gasteiger partial charge in [-0.15, -0.1) is 0 Å². The number of benzene rings is 12. The highest BCUT2D eigenvalue weighted by molar-refractivity contribution is 9.11. The van der Waals surface area contributed by atoms with E-state index in [1.54, 1.807) is 36.4 Å². The molecule has 0 radical (unpaired) electrons. The molecule has 12 aromatic carbocycles. The molecule has 0 bridgehead atoms. The van der Waals surface area contributed by atoms with Crippen molar-refractivity contribution >= 4 is 120 Å². The van der Waals surface area contributed by atoms with Gasteiger partial charge in [0.2, 0.25) is 0 Å². The fourth-order valence-corrected chi connectivity index (χ4v) is 15.5. The SMILES string of the molecule is Fc1cccc(C2(c3cccc(F)c3)c3cc(Br)c4c(oc5ccccc54)c3-c3c2cc(Br)c2c3oc3ccc(F)cc32)c1.Fc1cccc(C2(c3cccc(F)c3)c3ccc4c(oc5ccccc54)c3-c3c2ccc2c3oc3ccc(F)cc32)c1. The van der Waals surface area contributed by atoms with E-state index in [0.717, 1.165) is 81.5 Å². The summed E-state index contributed by atoms with van der Waals surface area (Å²) in [5.41, 5.74) is 11.3. The Hall–Kier alpha value is -9.62. The summed E-state index contributed by atoms with van der Waals surface area (Å²) in [5.74, 6) is -2.38. The van der Waals surface area contributed by atoms with Gasteiger partial charge < -0.3 is 17.7 Å². The van der Waals surface area contributed by atoms with Crippen LogP contribution in [0.2, 0.25) is 0 Å². The Balaban J connectivity index is 0.000000135. The van der Waals surface area contributed by atoms with Crippen molar-refractivity contribution in [3.8, 4) is 22.3 Å². The normalized spacial score (nSPS) is 13.8. The van der Waals surface area contributed by atoms with Crippen LogP contribution in [0.4, 0.5) is 26.3 Å². The molecule has 2 aliphatic carbocycles. The summed E-state index contributed by atoms with van der Waals surface area (Å²) in [6, 6.07) is 62.2. The summed E-state index contributed by atoms with van der Waals surface area (Å²) in [5, 5.41) is 6.39. The molecule has 0 aliphatic heterocycles. The quantitative estimate of drug-likeness (QED) is 0.165.